The lowest BCUT2D eigenvalue weighted by molar-refractivity contribution is 0.468. The molecule has 1 rings (SSSR count). The van der Waals surface area contributed by atoms with Gasteiger partial charge in [0.15, 0.2) is 0 Å². The van der Waals surface area contributed by atoms with Crippen LogP contribution >= 0.6 is 0 Å². The van der Waals surface area contributed by atoms with E-state index in [2.05, 4.69) is 6.92 Å². The molecule has 1 aliphatic carbocycles. The van der Waals surface area contributed by atoms with Crippen molar-refractivity contribution in [3.05, 3.63) is 0 Å². The minimum atomic E-state index is 0.234. The van der Waals surface area contributed by atoms with Crippen LogP contribution in [0.5, 0.6) is 0 Å². The molecule has 0 heterocycles. The quantitative estimate of drug-likeness (QED) is 0.580. The Morgan fingerprint density at radius 3 is 2.33 bits per heavy atom. The van der Waals surface area contributed by atoms with E-state index in [-0.39, 0.29) is 12.1 Å². The van der Waals surface area contributed by atoms with Crippen LogP contribution < -0.4 is 11.5 Å². The molecule has 0 amide bonds. The van der Waals surface area contributed by atoms with Crippen molar-refractivity contribution in [1.29, 1.82) is 0 Å². The molecule has 54 valence electrons. The molecule has 0 aromatic rings. The van der Waals surface area contributed by atoms with Crippen LogP contribution in [0.3, 0.4) is 0 Å². The Morgan fingerprint density at radius 1 is 1.44 bits per heavy atom. The third kappa shape index (κ3) is 1.66. The van der Waals surface area contributed by atoms with Gasteiger partial charge in [-0.3, -0.25) is 0 Å². The Labute approximate surface area is 56.6 Å². The van der Waals surface area contributed by atoms with Gasteiger partial charge in [0.05, 0.1) is 0 Å². The Morgan fingerprint density at radius 2 is 2.00 bits per heavy atom. The fourth-order valence-corrected chi connectivity index (χ4v) is 1.10. The highest BCUT2D eigenvalue weighted by molar-refractivity contribution is 4.89. The molecule has 0 saturated heterocycles. The molecule has 0 bridgehead atoms. The van der Waals surface area contributed by atoms with Crippen molar-refractivity contribution in [2.45, 2.75) is 38.3 Å². The maximum atomic E-state index is 5.81. The monoisotopic (exact) mass is 128 g/mol. The third-order valence-electron chi connectivity index (χ3n) is 2.13. The number of rotatable bonds is 3. The molecular weight excluding hydrogens is 112 g/mol. The maximum Gasteiger partial charge on any atom is 0.0220 e. The van der Waals surface area contributed by atoms with Gasteiger partial charge in [0.25, 0.3) is 0 Å². The summed E-state index contributed by atoms with van der Waals surface area (Å²) in [4.78, 5) is 0. The predicted octanol–water partition coefficient (Wildman–Crippen LogP) is 0.461. The summed E-state index contributed by atoms with van der Waals surface area (Å²) in [5.74, 6) is 0.750. The van der Waals surface area contributed by atoms with E-state index in [4.69, 9.17) is 11.5 Å². The molecule has 9 heavy (non-hydrogen) atoms. The van der Waals surface area contributed by atoms with Gasteiger partial charge in [-0.2, -0.15) is 0 Å². The summed E-state index contributed by atoms with van der Waals surface area (Å²) in [5, 5.41) is 0. The van der Waals surface area contributed by atoms with Gasteiger partial charge in [-0.1, -0.05) is 6.92 Å². The van der Waals surface area contributed by atoms with Crippen molar-refractivity contribution < 1.29 is 0 Å². The smallest absolute Gasteiger partial charge is 0.0220 e. The second-order valence-corrected chi connectivity index (χ2v) is 2.99. The normalized spacial score (nSPS) is 25.7. The van der Waals surface area contributed by atoms with E-state index >= 15 is 0 Å². The molecule has 1 fully saturated rings. The Kier molecular flexibility index (Phi) is 2.09. The molecule has 1 aliphatic rings. The lowest BCUT2D eigenvalue weighted by Crippen LogP contribution is -2.42. The van der Waals surface area contributed by atoms with Crippen LogP contribution in [0.15, 0.2) is 0 Å². The highest BCUT2D eigenvalue weighted by Gasteiger charge is 2.31. The zero-order valence-corrected chi connectivity index (χ0v) is 6.01. The fourth-order valence-electron chi connectivity index (χ4n) is 1.10. The molecule has 4 N–H and O–H groups in total. The van der Waals surface area contributed by atoms with Crippen molar-refractivity contribution in [3.63, 3.8) is 0 Å². The molecule has 2 atom stereocenters. The van der Waals surface area contributed by atoms with Gasteiger partial charge in [-0.05, 0) is 25.2 Å². The third-order valence-corrected chi connectivity index (χ3v) is 2.13. The first kappa shape index (κ1) is 7.03. The summed E-state index contributed by atoms with van der Waals surface area (Å²) in [6.07, 6.45) is 3.61. The van der Waals surface area contributed by atoms with Crippen LogP contribution in [0.2, 0.25) is 0 Å². The minimum absolute atomic E-state index is 0.234. The van der Waals surface area contributed by atoms with Gasteiger partial charge >= 0.3 is 0 Å². The van der Waals surface area contributed by atoms with E-state index in [0.717, 1.165) is 12.3 Å². The zero-order chi connectivity index (χ0) is 6.85. The maximum absolute atomic E-state index is 5.81. The predicted molar refractivity (Wildman–Crippen MR) is 39.0 cm³/mol. The van der Waals surface area contributed by atoms with Gasteiger partial charge in [0.1, 0.15) is 0 Å². The molecule has 0 spiro atoms. The van der Waals surface area contributed by atoms with Crippen LogP contribution in [0.1, 0.15) is 26.2 Å². The molecule has 2 nitrogen and oxygen atoms in total. The first-order chi connectivity index (χ1) is 4.25. The van der Waals surface area contributed by atoms with Gasteiger partial charge in [0, 0.05) is 12.1 Å². The second kappa shape index (κ2) is 2.67. The van der Waals surface area contributed by atoms with Crippen LogP contribution in [0.25, 0.3) is 0 Å². The highest BCUT2D eigenvalue weighted by atomic mass is 14.8. The minimum Gasteiger partial charge on any atom is -0.326 e. The van der Waals surface area contributed by atoms with Crippen molar-refractivity contribution in [3.8, 4) is 0 Å². The number of hydrogen-bond acceptors (Lipinski definition) is 2. The Balaban J connectivity index is 2.22. The Bertz CT molecular complexity index is 88.9. The molecule has 0 aromatic carbocycles. The van der Waals surface area contributed by atoms with E-state index in [1.807, 2.05) is 0 Å². The van der Waals surface area contributed by atoms with Gasteiger partial charge < -0.3 is 11.5 Å². The number of hydrogen-bond donors (Lipinski definition) is 2. The number of nitrogens with two attached hydrogens (primary N) is 2. The van der Waals surface area contributed by atoms with Crippen LogP contribution in [-0.4, -0.2) is 12.1 Å². The summed E-state index contributed by atoms with van der Waals surface area (Å²) < 4.78 is 0. The summed E-state index contributed by atoms with van der Waals surface area (Å²) in [5.41, 5.74) is 11.5. The standard InChI is InChI=1S/C7H16N2/c1-2-6(8)7(9)5-3-4-5/h5-7H,2-4,8-9H2,1H3/t6-,7+/m0/s1. The van der Waals surface area contributed by atoms with Crippen molar-refractivity contribution >= 4 is 0 Å². The van der Waals surface area contributed by atoms with E-state index < -0.39 is 0 Å². The van der Waals surface area contributed by atoms with Crippen molar-refractivity contribution in [2.24, 2.45) is 17.4 Å². The van der Waals surface area contributed by atoms with Crippen LogP contribution in [-0.2, 0) is 0 Å². The van der Waals surface area contributed by atoms with Crippen molar-refractivity contribution in [2.75, 3.05) is 0 Å². The van der Waals surface area contributed by atoms with E-state index in [0.29, 0.717) is 0 Å². The van der Waals surface area contributed by atoms with Crippen LogP contribution in [0.4, 0.5) is 0 Å². The first-order valence-electron chi connectivity index (χ1n) is 3.77. The summed E-state index contributed by atoms with van der Waals surface area (Å²) >= 11 is 0. The van der Waals surface area contributed by atoms with E-state index in [1.165, 1.54) is 12.8 Å². The highest BCUT2D eigenvalue weighted by Crippen LogP contribution is 2.32. The molecule has 0 aromatic heterocycles. The average Bonchev–Trinajstić information content (AvgIpc) is 2.66. The molecule has 2 heteroatoms. The topological polar surface area (TPSA) is 52.0 Å². The summed E-state index contributed by atoms with van der Waals surface area (Å²) in [6.45, 7) is 2.09. The summed E-state index contributed by atoms with van der Waals surface area (Å²) in [7, 11) is 0. The average molecular weight is 128 g/mol. The second-order valence-electron chi connectivity index (χ2n) is 2.99. The first-order valence-corrected chi connectivity index (χ1v) is 3.77. The zero-order valence-electron chi connectivity index (χ0n) is 6.01. The van der Waals surface area contributed by atoms with Crippen molar-refractivity contribution in [1.82, 2.24) is 0 Å². The SMILES string of the molecule is CC[C@H](N)[C@H](N)C1CC1. The molecule has 0 aliphatic heterocycles. The van der Waals surface area contributed by atoms with E-state index in [1.54, 1.807) is 0 Å². The van der Waals surface area contributed by atoms with Crippen LogP contribution in [0, 0.1) is 5.92 Å². The van der Waals surface area contributed by atoms with Gasteiger partial charge in [0.2, 0.25) is 0 Å². The largest absolute Gasteiger partial charge is 0.326 e. The Hall–Kier alpha value is -0.0800. The molecule has 1 saturated carbocycles. The molecular formula is C7H16N2. The lowest BCUT2D eigenvalue weighted by Gasteiger charge is -2.16. The lowest BCUT2D eigenvalue weighted by atomic mass is 10.0. The summed E-state index contributed by atoms with van der Waals surface area (Å²) in [6, 6.07) is 0.507. The molecule has 0 unspecified atom stereocenters. The van der Waals surface area contributed by atoms with E-state index in [9.17, 15) is 0 Å². The molecule has 0 radical (unpaired) electrons. The fraction of sp³-hybridized carbons (Fsp3) is 1.00. The van der Waals surface area contributed by atoms with Gasteiger partial charge in [-0.25, -0.2) is 0 Å². The van der Waals surface area contributed by atoms with Gasteiger partial charge in [-0.15, -0.1) is 0 Å².